The van der Waals surface area contributed by atoms with E-state index in [0.717, 1.165) is 12.5 Å². The second-order valence-corrected chi connectivity index (χ2v) is 13.7. The lowest BCUT2D eigenvalue weighted by molar-refractivity contribution is 0.299. The second kappa shape index (κ2) is 9.44. The highest BCUT2D eigenvalue weighted by atomic mass is 28.3. The van der Waals surface area contributed by atoms with E-state index in [1.165, 1.54) is 43.8 Å². The number of aryl methyl sites for hydroxylation is 6. The summed E-state index contributed by atoms with van der Waals surface area (Å²) in [5, 5.41) is 2.97. The van der Waals surface area contributed by atoms with Crippen LogP contribution in [0.25, 0.3) is 0 Å². The lowest BCUT2D eigenvalue weighted by Gasteiger charge is -2.35. The lowest BCUT2D eigenvalue weighted by atomic mass is 9.94. The van der Waals surface area contributed by atoms with Crippen molar-refractivity contribution in [3.63, 3.8) is 0 Å². The molecule has 0 radical (unpaired) electrons. The van der Waals surface area contributed by atoms with Crippen LogP contribution in [0.15, 0.2) is 24.3 Å². The van der Waals surface area contributed by atoms with Crippen LogP contribution in [0.1, 0.15) is 67.5 Å². The maximum atomic E-state index is 5.64. The van der Waals surface area contributed by atoms with E-state index in [1.54, 1.807) is 0 Å². The van der Waals surface area contributed by atoms with Crippen molar-refractivity contribution in [1.29, 1.82) is 0 Å². The molecule has 0 saturated carbocycles. The SMILES string of the molecule is CCOC#C[Si](CCC(C)(C)C)(c1c(C)cc(C)cc1C)c1c(C)cc(C)cc1C. The van der Waals surface area contributed by atoms with Gasteiger partial charge in [0.05, 0.1) is 6.61 Å². The molecule has 0 bridgehead atoms. The van der Waals surface area contributed by atoms with Crippen LogP contribution >= 0.6 is 0 Å². The molecule has 0 atom stereocenters. The molecule has 0 aromatic heterocycles. The summed E-state index contributed by atoms with van der Waals surface area (Å²) in [6.07, 6.45) is 4.30. The fourth-order valence-corrected chi connectivity index (χ4v) is 10.5. The van der Waals surface area contributed by atoms with Crippen molar-refractivity contribution < 1.29 is 4.74 Å². The molecular formula is C28H40OSi. The largest absolute Gasteiger partial charge is 0.447 e. The number of hydrogen-bond acceptors (Lipinski definition) is 1. The van der Waals surface area contributed by atoms with Crippen molar-refractivity contribution in [3.05, 3.63) is 57.6 Å². The van der Waals surface area contributed by atoms with Gasteiger partial charge in [0.2, 0.25) is 8.07 Å². The number of ether oxygens (including phenoxy) is 1. The monoisotopic (exact) mass is 420 g/mol. The summed E-state index contributed by atoms with van der Waals surface area (Å²) in [6, 6.07) is 10.4. The Kier molecular flexibility index (Phi) is 7.64. The van der Waals surface area contributed by atoms with Gasteiger partial charge in [-0.3, -0.25) is 0 Å². The average molecular weight is 421 g/mol. The summed E-state index contributed by atoms with van der Waals surface area (Å²) in [4.78, 5) is 0. The van der Waals surface area contributed by atoms with Crippen LogP contribution < -0.4 is 10.4 Å². The zero-order valence-corrected chi connectivity index (χ0v) is 21.8. The molecule has 0 aliphatic heterocycles. The Morgan fingerprint density at radius 1 is 0.767 bits per heavy atom. The third-order valence-electron chi connectivity index (χ3n) is 5.94. The molecular weight excluding hydrogens is 380 g/mol. The highest BCUT2D eigenvalue weighted by Crippen LogP contribution is 2.29. The van der Waals surface area contributed by atoms with Crippen LogP contribution in [-0.4, -0.2) is 14.7 Å². The first-order chi connectivity index (χ1) is 13.9. The first kappa shape index (κ1) is 24.3. The van der Waals surface area contributed by atoms with Gasteiger partial charge in [0.1, 0.15) is 6.11 Å². The Morgan fingerprint density at radius 2 is 1.17 bits per heavy atom. The zero-order valence-electron chi connectivity index (χ0n) is 20.8. The van der Waals surface area contributed by atoms with Crippen molar-refractivity contribution in [2.75, 3.05) is 6.61 Å². The minimum Gasteiger partial charge on any atom is -0.447 e. The Bertz CT molecular complexity index is 863. The van der Waals surface area contributed by atoms with Gasteiger partial charge in [0.15, 0.2) is 0 Å². The number of benzene rings is 2. The predicted octanol–water partition coefficient (Wildman–Crippen LogP) is 6.07. The molecule has 162 valence electrons. The molecule has 0 heterocycles. The van der Waals surface area contributed by atoms with Gasteiger partial charge in [-0.1, -0.05) is 61.7 Å². The molecule has 0 unspecified atom stereocenters. The molecule has 0 spiro atoms. The van der Waals surface area contributed by atoms with Crippen LogP contribution in [-0.2, 0) is 4.74 Å². The van der Waals surface area contributed by atoms with Gasteiger partial charge < -0.3 is 4.74 Å². The standard InChI is InChI=1S/C28H40OSi/c1-11-29-13-15-30(14-12-28(8,9)10,26-22(4)16-20(2)17-23(26)5)27-24(6)18-21(3)19-25(27)7/h16-19H,11-12,14H2,1-10H3. The fraction of sp³-hybridized carbons (Fsp3) is 0.500. The van der Waals surface area contributed by atoms with E-state index < -0.39 is 8.07 Å². The quantitative estimate of drug-likeness (QED) is 0.421. The van der Waals surface area contributed by atoms with Crippen molar-refractivity contribution in [2.45, 2.75) is 81.7 Å². The van der Waals surface area contributed by atoms with Crippen LogP contribution in [0, 0.1) is 58.6 Å². The Balaban J connectivity index is 2.96. The maximum Gasteiger partial charge on any atom is 0.204 e. The molecule has 30 heavy (non-hydrogen) atoms. The van der Waals surface area contributed by atoms with Gasteiger partial charge in [-0.05, 0) is 99.0 Å². The molecule has 0 amide bonds. The van der Waals surface area contributed by atoms with E-state index in [4.69, 9.17) is 4.74 Å². The summed E-state index contributed by atoms with van der Waals surface area (Å²) < 4.78 is 5.64. The van der Waals surface area contributed by atoms with Crippen molar-refractivity contribution in [2.24, 2.45) is 5.41 Å². The Morgan fingerprint density at radius 3 is 1.50 bits per heavy atom. The van der Waals surface area contributed by atoms with Gasteiger partial charge in [0, 0.05) is 0 Å². The fourth-order valence-electron chi connectivity index (χ4n) is 5.03. The van der Waals surface area contributed by atoms with Gasteiger partial charge in [-0.2, -0.15) is 0 Å². The lowest BCUT2D eigenvalue weighted by Crippen LogP contribution is -2.61. The summed E-state index contributed by atoms with van der Waals surface area (Å²) in [7, 11) is -2.40. The van der Waals surface area contributed by atoms with E-state index in [2.05, 4.69) is 98.2 Å². The third-order valence-corrected chi connectivity index (χ3v) is 10.8. The van der Waals surface area contributed by atoms with Crippen molar-refractivity contribution in [3.8, 4) is 11.7 Å². The van der Waals surface area contributed by atoms with E-state index in [-0.39, 0.29) is 5.41 Å². The molecule has 0 fully saturated rings. The van der Waals surface area contributed by atoms with Gasteiger partial charge in [-0.25, -0.2) is 0 Å². The Labute approximate surface area is 186 Å². The average Bonchev–Trinajstić information content (AvgIpc) is 2.57. The van der Waals surface area contributed by atoms with Crippen molar-refractivity contribution >= 4 is 18.4 Å². The first-order valence-corrected chi connectivity index (χ1v) is 13.4. The summed E-state index contributed by atoms with van der Waals surface area (Å²) in [5.74, 6) is 0. The molecule has 0 saturated heterocycles. The van der Waals surface area contributed by atoms with Crippen LogP contribution in [0.3, 0.4) is 0 Å². The molecule has 2 aromatic rings. The third kappa shape index (κ3) is 5.38. The van der Waals surface area contributed by atoms with E-state index in [9.17, 15) is 0 Å². The van der Waals surface area contributed by atoms with Gasteiger partial charge >= 0.3 is 0 Å². The van der Waals surface area contributed by atoms with Crippen LogP contribution in [0.5, 0.6) is 0 Å². The first-order valence-electron chi connectivity index (χ1n) is 11.2. The number of rotatable bonds is 5. The molecule has 0 N–H and O–H groups in total. The molecule has 2 rings (SSSR count). The molecule has 0 aliphatic rings. The summed E-state index contributed by atoms with van der Waals surface area (Å²) >= 11 is 0. The highest BCUT2D eigenvalue weighted by Gasteiger charge is 2.42. The van der Waals surface area contributed by atoms with Crippen LogP contribution in [0.2, 0.25) is 6.04 Å². The second-order valence-electron chi connectivity index (χ2n) is 10.2. The normalized spacial score (nSPS) is 11.8. The molecule has 2 aromatic carbocycles. The Hall–Kier alpha value is -1.98. The highest BCUT2D eigenvalue weighted by molar-refractivity contribution is 7.09. The van der Waals surface area contributed by atoms with Crippen LogP contribution in [0.4, 0.5) is 0 Å². The van der Waals surface area contributed by atoms with Crippen molar-refractivity contribution in [1.82, 2.24) is 0 Å². The molecule has 0 aliphatic carbocycles. The molecule has 2 heteroatoms. The van der Waals surface area contributed by atoms with E-state index in [1.807, 2.05) is 6.92 Å². The minimum absolute atomic E-state index is 0.255. The van der Waals surface area contributed by atoms with Gasteiger partial charge in [0.25, 0.3) is 0 Å². The van der Waals surface area contributed by atoms with E-state index >= 15 is 0 Å². The number of hydrogen-bond donors (Lipinski definition) is 0. The maximum absolute atomic E-state index is 5.64. The summed E-state index contributed by atoms with van der Waals surface area (Å²) in [6.45, 7) is 23.1. The smallest absolute Gasteiger partial charge is 0.204 e. The van der Waals surface area contributed by atoms with E-state index in [0.29, 0.717) is 6.61 Å². The predicted molar refractivity (Wildman–Crippen MR) is 135 cm³/mol. The zero-order chi connectivity index (χ0) is 22.7. The minimum atomic E-state index is -2.40. The topological polar surface area (TPSA) is 9.23 Å². The molecule has 1 nitrogen and oxygen atoms in total. The van der Waals surface area contributed by atoms with Gasteiger partial charge in [-0.15, -0.1) is 0 Å². The summed E-state index contributed by atoms with van der Waals surface area (Å²) in [5.41, 5.74) is 12.2.